The summed E-state index contributed by atoms with van der Waals surface area (Å²) in [6, 6.07) is -0.608. The van der Waals surface area contributed by atoms with Crippen LogP contribution in [-0.2, 0) is 10.0 Å². The topological polar surface area (TPSA) is 57.6 Å². The lowest BCUT2D eigenvalue weighted by Gasteiger charge is -2.36. The Morgan fingerprint density at radius 2 is 1.87 bits per heavy atom. The molecule has 0 aromatic carbocycles. The Hall–Kier alpha value is -0.340. The number of hydrogen-bond donors (Lipinski definition) is 1. The standard InChI is InChI=1S/C7H12F3NO3S/c8-7(9,10)15(13,14)11(4-5-12)6-2-1-3-6/h6,12H,1-5H2. The van der Waals surface area contributed by atoms with Crippen molar-refractivity contribution < 1.29 is 26.7 Å². The predicted molar refractivity (Wildman–Crippen MR) is 46.4 cm³/mol. The average Bonchev–Trinajstić information content (AvgIpc) is 1.98. The smallest absolute Gasteiger partial charge is 0.395 e. The summed E-state index contributed by atoms with van der Waals surface area (Å²) in [7, 11) is -5.29. The van der Waals surface area contributed by atoms with Gasteiger partial charge >= 0.3 is 15.5 Å². The quantitative estimate of drug-likeness (QED) is 0.795. The highest BCUT2D eigenvalue weighted by Gasteiger charge is 2.52. The highest BCUT2D eigenvalue weighted by atomic mass is 32.2. The van der Waals surface area contributed by atoms with Crippen molar-refractivity contribution in [1.82, 2.24) is 4.31 Å². The Balaban J connectivity index is 2.88. The van der Waals surface area contributed by atoms with Gasteiger partial charge < -0.3 is 5.11 Å². The number of rotatable bonds is 4. The summed E-state index contributed by atoms with van der Waals surface area (Å²) in [6.45, 7) is -1.10. The third-order valence-corrected chi connectivity index (χ3v) is 4.09. The number of hydrogen-bond acceptors (Lipinski definition) is 3. The largest absolute Gasteiger partial charge is 0.511 e. The maximum Gasteiger partial charge on any atom is 0.511 e. The van der Waals surface area contributed by atoms with Gasteiger partial charge in [-0.05, 0) is 12.8 Å². The van der Waals surface area contributed by atoms with Crippen molar-refractivity contribution in [3.05, 3.63) is 0 Å². The number of halogens is 3. The lowest BCUT2D eigenvalue weighted by atomic mass is 9.93. The molecule has 0 aliphatic heterocycles. The molecule has 0 aromatic rings. The second-order valence-corrected chi connectivity index (χ2v) is 5.25. The lowest BCUT2D eigenvalue weighted by molar-refractivity contribution is -0.0515. The van der Waals surface area contributed by atoms with Gasteiger partial charge in [-0.2, -0.15) is 17.5 Å². The van der Waals surface area contributed by atoms with E-state index in [4.69, 9.17) is 5.11 Å². The second kappa shape index (κ2) is 4.26. The van der Waals surface area contributed by atoms with E-state index in [1.165, 1.54) is 0 Å². The van der Waals surface area contributed by atoms with Crippen LogP contribution in [0.25, 0.3) is 0 Å². The molecule has 0 unspecified atom stereocenters. The van der Waals surface area contributed by atoms with Crippen LogP contribution in [0.2, 0.25) is 0 Å². The van der Waals surface area contributed by atoms with Crippen molar-refractivity contribution in [2.45, 2.75) is 30.8 Å². The van der Waals surface area contributed by atoms with Gasteiger partial charge in [0, 0.05) is 12.6 Å². The van der Waals surface area contributed by atoms with E-state index in [1.54, 1.807) is 0 Å². The van der Waals surface area contributed by atoms with Crippen molar-refractivity contribution in [2.24, 2.45) is 0 Å². The molecule has 0 saturated heterocycles. The van der Waals surface area contributed by atoms with E-state index in [9.17, 15) is 21.6 Å². The van der Waals surface area contributed by atoms with Crippen molar-refractivity contribution in [1.29, 1.82) is 0 Å². The summed E-state index contributed by atoms with van der Waals surface area (Å²) in [6.07, 6.45) is 1.57. The molecule has 0 aromatic heterocycles. The van der Waals surface area contributed by atoms with Gasteiger partial charge in [-0.15, -0.1) is 0 Å². The van der Waals surface area contributed by atoms with Crippen molar-refractivity contribution in [3.63, 3.8) is 0 Å². The molecule has 15 heavy (non-hydrogen) atoms. The molecule has 0 radical (unpaired) electrons. The molecule has 1 aliphatic rings. The fourth-order valence-corrected chi connectivity index (χ4v) is 2.60. The first-order valence-electron chi connectivity index (χ1n) is 4.49. The minimum Gasteiger partial charge on any atom is -0.395 e. The first kappa shape index (κ1) is 12.7. The highest BCUT2D eigenvalue weighted by molar-refractivity contribution is 7.90. The van der Waals surface area contributed by atoms with Crippen molar-refractivity contribution >= 4 is 10.0 Å². The van der Waals surface area contributed by atoms with Crippen LogP contribution in [0.3, 0.4) is 0 Å². The molecule has 0 heterocycles. The SMILES string of the molecule is O=S(=O)(N(CCO)C1CCC1)C(F)(F)F. The zero-order chi connectivity index (χ0) is 11.7. The van der Waals surface area contributed by atoms with Crippen LogP contribution in [0.1, 0.15) is 19.3 Å². The van der Waals surface area contributed by atoms with E-state index in [1.807, 2.05) is 0 Å². The van der Waals surface area contributed by atoms with Crippen LogP contribution in [-0.4, -0.2) is 42.5 Å². The maximum atomic E-state index is 12.2. The monoisotopic (exact) mass is 247 g/mol. The average molecular weight is 247 g/mol. The van der Waals surface area contributed by atoms with Crippen molar-refractivity contribution in [3.8, 4) is 0 Å². The molecule has 1 rings (SSSR count). The molecule has 1 N–H and O–H groups in total. The molecule has 0 amide bonds. The molecular formula is C7H12F3NO3S. The Morgan fingerprint density at radius 1 is 1.33 bits per heavy atom. The van der Waals surface area contributed by atoms with Crippen LogP contribution in [0, 0.1) is 0 Å². The number of alkyl halides is 3. The second-order valence-electron chi connectivity index (χ2n) is 3.37. The Kier molecular flexibility index (Phi) is 3.62. The molecule has 0 atom stereocenters. The summed E-state index contributed by atoms with van der Waals surface area (Å²) in [4.78, 5) is 0. The van der Waals surface area contributed by atoms with Crippen molar-refractivity contribution in [2.75, 3.05) is 13.2 Å². The van der Waals surface area contributed by atoms with Gasteiger partial charge in [0.15, 0.2) is 0 Å². The van der Waals surface area contributed by atoms with Gasteiger partial charge in [0.25, 0.3) is 0 Å². The van der Waals surface area contributed by atoms with Crippen LogP contribution in [0.5, 0.6) is 0 Å². The van der Waals surface area contributed by atoms with Crippen LogP contribution in [0.4, 0.5) is 13.2 Å². The van der Waals surface area contributed by atoms with E-state index in [-0.39, 0.29) is 0 Å². The molecule has 8 heteroatoms. The van der Waals surface area contributed by atoms with Crippen LogP contribution in [0.15, 0.2) is 0 Å². The number of aliphatic hydroxyl groups is 1. The molecule has 1 aliphatic carbocycles. The predicted octanol–water partition coefficient (Wildman–Crippen LogP) is 0.683. The summed E-state index contributed by atoms with van der Waals surface area (Å²) >= 11 is 0. The number of sulfonamides is 1. The molecule has 0 bridgehead atoms. The molecule has 0 spiro atoms. The van der Waals surface area contributed by atoms with Crippen LogP contribution < -0.4 is 0 Å². The molecular weight excluding hydrogens is 235 g/mol. The highest BCUT2D eigenvalue weighted by Crippen LogP contribution is 2.33. The number of nitrogens with zero attached hydrogens (tertiary/aromatic N) is 1. The van der Waals surface area contributed by atoms with Gasteiger partial charge in [0.2, 0.25) is 0 Å². The van der Waals surface area contributed by atoms with Gasteiger partial charge in [-0.3, -0.25) is 0 Å². The maximum absolute atomic E-state index is 12.2. The fraction of sp³-hybridized carbons (Fsp3) is 1.00. The minimum atomic E-state index is -5.29. The van der Waals surface area contributed by atoms with E-state index in [0.717, 1.165) is 6.42 Å². The van der Waals surface area contributed by atoms with Gasteiger partial charge in [-0.25, -0.2) is 8.42 Å². The van der Waals surface area contributed by atoms with Crippen LogP contribution >= 0.6 is 0 Å². The Morgan fingerprint density at radius 3 is 2.13 bits per heavy atom. The molecule has 1 fully saturated rings. The van der Waals surface area contributed by atoms with Gasteiger partial charge in [0.05, 0.1) is 6.61 Å². The molecule has 1 saturated carbocycles. The van der Waals surface area contributed by atoms with E-state index < -0.39 is 34.7 Å². The van der Waals surface area contributed by atoms with E-state index in [0.29, 0.717) is 17.1 Å². The molecule has 90 valence electrons. The zero-order valence-corrected chi connectivity index (χ0v) is 8.68. The van der Waals surface area contributed by atoms with Gasteiger partial charge in [-0.1, -0.05) is 6.42 Å². The van der Waals surface area contributed by atoms with E-state index in [2.05, 4.69) is 0 Å². The minimum absolute atomic E-state index is 0.358. The first-order valence-corrected chi connectivity index (χ1v) is 5.93. The van der Waals surface area contributed by atoms with E-state index >= 15 is 0 Å². The third-order valence-electron chi connectivity index (χ3n) is 2.40. The zero-order valence-electron chi connectivity index (χ0n) is 7.87. The Labute approximate surface area is 85.7 Å². The van der Waals surface area contributed by atoms with Gasteiger partial charge in [0.1, 0.15) is 0 Å². The summed E-state index contributed by atoms with van der Waals surface area (Å²) in [5.74, 6) is 0. The molecule has 4 nitrogen and oxygen atoms in total. The number of aliphatic hydroxyl groups excluding tert-OH is 1. The third kappa shape index (κ3) is 2.43. The normalized spacial score (nSPS) is 19.3. The summed E-state index contributed by atoms with van der Waals surface area (Å²) in [5, 5.41) is 8.56. The fourth-order valence-electron chi connectivity index (χ4n) is 1.41. The first-order chi connectivity index (χ1) is 6.80. The summed E-state index contributed by atoms with van der Waals surface area (Å²) < 4.78 is 59.1. The lowest BCUT2D eigenvalue weighted by Crippen LogP contribution is -2.50. The summed E-state index contributed by atoms with van der Waals surface area (Å²) in [5.41, 5.74) is -5.28. The Bertz CT molecular complexity index is 310.